The minimum absolute atomic E-state index is 0.251. The summed E-state index contributed by atoms with van der Waals surface area (Å²) >= 11 is 3.45. The molecule has 3 rings (SSSR count). The van der Waals surface area contributed by atoms with E-state index >= 15 is 0 Å². The van der Waals surface area contributed by atoms with Crippen molar-refractivity contribution in [3.05, 3.63) is 88.4 Å². The van der Waals surface area contributed by atoms with Gasteiger partial charge in [-0.1, -0.05) is 52.3 Å². The molecule has 132 valence electrons. The summed E-state index contributed by atoms with van der Waals surface area (Å²) in [5.74, 6) is 0.882. The lowest BCUT2D eigenvalue weighted by Crippen LogP contribution is -2.14. The van der Waals surface area contributed by atoms with Crippen molar-refractivity contribution in [2.75, 3.05) is 12.4 Å². The van der Waals surface area contributed by atoms with E-state index < -0.39 is 0 Å². The summed E-state index contributed by atoms with van der Waals surface area (Å²) in [6.07, 6.45) is 0. The van der Waals surface area contributed by atoms with Gasteiger partial charge in [0, 0.05) is 4.47 Å². The lowest BCUT2D eigenvalue weighted by molar-refractivity contribution is 0.102. The van der Waals surface area contributed by atoms with E-state index in [2.05, 4.69) is 21.2 Å². The van der Waals surface area contributed by atoms with Crippen LogP contribution in [0.5, 0.6) is 11.5 Å². The molecule has 26 heavy (non-hydrogen) atoms. The van der Waals surface area contributed by atoms with E-state index in [0.29, 0.717) is 29.4 Å². The summed E-state index contributed by atoms with van der Waals surface area (Å²) in [7, 11) is 1.57. The first-order chi connectivity index (χ1) is 12.7. The van der Waals surface area contributed by atoms with Crippen LogP contribution in [0, 0.1) is 0 Å². The third kappa shape index (κ3) is 4.43. The topological polar surface area (TPSA) is 47.6 Å². The summed E-state index contributed by atoms with van der Waals surface area (Å²) < 4.78 is 12.1. The van der Waals surface area contributed by atoms with Gasteiger partial charge >= 0.3 is 0 Å². The maximum Gasteiger partial charge on any atom is 0.259 e. The van der Waals surface area contributed by atoms with E-state index in [0.717, 1.165) is 10.0 Å². The minimum atomic E-state index is -0.251. The molecule has 0 unspecified atom stereocenters. The molecule has 0 bridgehead atoms. The highest BCUT2D eigenvalue weighted by atomic mass is 79.9. The Hall–Kier alpha value is -2.79. The molecule has 4 nitrogen and oxygen atoms in total. The number of carbonyl (C=O) groups is 1. The molecule has 0 saturated heterocycles. The Balaban J connectivity index is 1.77. The van der Waals surface area contributed by atoms with Crippen LogP contribution in [0.2, 0.25) is 0 Å². The summed E-state index contributed by atoms with van der Waals surface area (Å²) in [4.78, 5) is 12.7. The number of carbonyl (C=O) groups excluding carboxylic acids is 1. The van der Waals surface area contributed by atoms with E-state index in [1.165, 1.54) is 0 Å². The van der Waals surface area contributed by atoms with Crippen molar-refractivity contribution in [3.8, 4) is 11.5 Å². The van der Waals surface area contributed by atoms with Gasteiger partial charge in [-0.05, 0) is 42.0 Å². The summed E-state index contributed by atoms with van der Waals surface area (Å²) in [5, 5.41) is 2.87. The second-order valence-electron chi connectivity index (χ2n) is 5.57. The number of amides is 1. The number of nitrogens with one attached hydrogen (secondary N) is 1. The highest BCUT2D eigenvalue weighted by molar-refractivity contribution is 9.10. The fraction of sp³-hybridized carbons (Fsp3) is 0.0952. The first-order valence-corrected chi connectivity index (χ1v) is 8.87. The first kappa shape index (κ1) is 18.0. The van der Waals surface area contributed by atoms with Gasteiger partial charge in [0.05, 0.1) is 18.4 Å². The van der Waals surface area contributed by atoms with Gasteiger partial charge in [0.25, 0.3) is 5.91 Å². The zero-order valence-electron chi connectivity index (χ0n) is 14.2. The predicted octanol–water partition coefficient (Wildman–Crippen LogP) is 5.29. The minimum Gasteiger partial charge on any atom is -0.495 e. The van der Waals surface area contributed by atoms with Gasteiger partial charge in [-0.15, -0.1) is 0 Å². The van der Waals surface area contributed by atoms with Crippen molar-refractivity contribution in [3.63, 3.8) is 0 Å². The quantitative estimate of drug-likeness (QED) is 0.599. The van der Waals surface area contributed by atoms with Crippen molar-refractivity contribution in [1.29, 1.82) is 0 Å². The van der Waals surface area contributed by atoms with E-state index in [1.54, 1.807) is 31.4 Å². The van der Waals surface area contributed by atoms with Gasteiger partial charge in [0.15, 0.2) is 0 Å². The Labute approximate surface area is 160 Å². The fourth-order valence-corrected chi connectivity index (χ4v) is 2.95. The molecule has 0 aliphatic rings. The Morgan fingerprint density at radius 3 is 2.46 bits per heavy atom. The van der Waals surface area contributed by atoms with Crippen LogP contribution in [0.4, 0.5) is 5.69 Å². The molecule has 0 aromatic heterocycles. The molecule has 3 aromatic carbocycles. The van der Waals surface area contributed by atoms with Gasteiger partial charge in [-0.2, -0.15) is 0 Å². The second kappa shape index (κ2) is 8.54. The number of rotatable bonds is 6. The van der Waals surface area contributed by atoms with Gasteiger partial charge in [0.1, 0.15) is 18.1 Å². The van der Waals surface area contributed by atoms with Crippen molar-refractivity contribution in [2.45, 2.75) is 6.61 Å². The predicted molar refractivity (Wildman–Crippen MR) is 106 cm³/mol. The maximum atomic E-state index is 12.7. The van der Waals surface area contributed by atoms with E-state index in [1.807, 2.05) is 48.5 Å². The van der Waals surface area contributed by atoms with Crippen LogP contribution in [-0.4, -0.2) is 13.0 Å². The molecule has 0 radical (unpaired) electrons. The summed E-state index contributed by atoms with van der Waals surface area (Å²) in [5.41, 5.74) is 2.09. The smallest absolute Gasteiger partial charge is 0.259 e. The Kier molecular flexibility index (Phi) is 5.92. The van der Waals surface area contributed by atoms with Crippen molar-refractivity contribution in [2.24, 2.45) is 0 Å². The molecule has 0 atom stereocenters. The van der Waals surface area contributed by atoms with E-state index in [4.69, 9.17) is 9.47 Å². The molecule has 0 aliphatic carbocycles. The SMILES string of the molecule is COc1ccccc1NC(=O)c1ccccc1OCc1cccc(Br)c1. The van der Waals surface area contributed by atoms with Crippen LogP contribution < -0.4 is 14.8 Å². The van der Waals surface area contributed by atoms with Crippen LogP contribution in [0.1, 0.15) is 15.9 Å². The zero-order chi connectivity index (χ0) is 18.4. The van der Waals surface area contributed by atoms with Crippen molar-refractivity contribution >= 4 is 27.5 Å². The second-order valence-corrected chi connectivity index (χ2v) is 6.48. The largest absolute Gasteiger partial charge is 0.495 e. The normalized spacial score (nSPS) is 10.2. The average Bonchev–Trinajstić information content (AvgIpc) is 2.67. The Morgan fingerprint density at radius 1 is 0.962 bits per heavy atom. The molecule has 0 fully saturated rings. The fourth-order valence-electron chi connectivity index (χ4n) is 2.51. The van der Waals surface area contributed by atoms with E-state index in [-0.39, 0.29) is 5.91 Å². The molecule has 5 heteroatoms. The van der Waals surface area contributed by atoms with Crippen LogP contribution in [-0.2, 0) is 6.61 Å². The molecule has 1 N–H and O–H groups in total. The number of benzene rings is 3. The Bertz CT molecular complexity index is 911. The molecule has 0 spiro atoms. The highest BCUT2D eigenvalue weighted by Gasteiger charge is 2.14. The molecule has 1 amide bonds. The van der Waals surface area contributed by atoms with Gasteiger partial charge in [-0.3, -0.25) is 4.79 Å². The number of anilines is 1. The van der Waals surface area contributed by atoms with Crippen molar-refractivity contribution < 1.29 is 14.3 Å². The molecular weight excluding hydrogens is 394 g/mol. The summed E-state index contributed by atoms with van der Waals surface area (Å²) in [6, 6.07) is 22.3. The van der Waals surface area contributed by atoms with Gasteiger partial charge in [0.2, 0.25) is 0 Å². The van der Waals surface area contributed by atoms with Crippen LogP contribution >= 0.6 is 15.9 Å². The first-order valence-electron chi connectivity index (χ1n) is 8.08. The Morgan fingerprint density at radius 2 is 1.69 bits per heavy atom. The maximum absolute atomic E-state index is 12.7. The van der Waals surface area contributed by atoms with Crippen LogP contribution in [0.25, 0.3) is 0 Å². The van der Waals surface area contributed by atoms with Crippen LogP contribution in [0.3, 0.4) is 0 Å². The van der Waals surface area contributed by atoms with E-state index in [9.17, 15) is 4.79 Å². The average molecular weight is 412 g/mol. The number of halogens is 1. The zero-order valence-corrected chi connectivity index (χ0v) is 15.8. The third-order valence-corrected chi connectivity index (χ3v) is 4.26. The molecule has 3 aromatic rings. The lowest BCUT2D eigenvalue weighted by Gasteiger charge is -2.13. The third-order valence-electron chi connectivity index (χ3n) is 3.77. The highest BCUT2D eigenvalue weighted by Crippen LogP contribution is 2.26. The van der Waals surface area contributed by atoms with Gasteiger partial charge < -0.3 is 14.8 Å². The number of hydrogen-bond donors (Lipinski definition) is 1. The molecule has 0 saturated carbocycles. The monoisotopic (exact) mass is 411 g/mol. The number of hydrogen-bond acceptors (Lipinski definition) is 3. The lowest BCUT2D eigenvalue weighted by atomic mass is 10.1. The molecule has 0 heterocycles. The van der Waals surface area contributed by atoms with Gasteiger partial charge in [-0.25, -0.2) is 0 Å². The number of methoxy groups -OCH3 is 1. The van der Waals surface area contributed by atoms with Crippen LogP contribution in [0.15, 0.2) is 77.3 Å². The summed E-state index contributed by atoms with van der Waals surface area (Å²) in [6.45, 7) is 0.373. The van der Waals surface area contributed by atoms with Crippen molar-refractivity contribution in [1.82, 2.24) is 0 Å². The number of ether oxygens (including phenoxy) is 2. The standard InChI is InChI=1S/C21H18BrNO3/c1-25-20-12-5-3-10-18(20)23-21(24)17-9-2-4-11-19(17)26-14-15-7-6-8-16(22)13-15/h2-13H,14H2,1H3,(H,23,24). The number of para-hydroxylation sites is 3. The molecule has 0 aliphatic heterocycles. The molecular formula is C21H18BrNO3.